The molecule has 1 N–H and O–H groups in total. The maximum absolute atomic E-state index is 13.1. The molecule has 0 spiro atoms. The maximum Gasteiger partial charge on any atom is 0.251 e. The van der Waals surface area contributed by atoms with E-state index in [0.717, 1.165) is 24.8 Å². The lowest BCUT2D eigenvalue weighted by molar-refractivity contribution is 0.0963. The maximum atomic E-state index is 13.1. The molecule has 0 saturated carbocycles. The molecule has 5 nitrogen and oxygen atoms in total. The molecular weight excluding hydrogens is 348 g/mol. The van der Waals surface area contributed by atoms with E-state index in [1.807, 2.05) is 6.92 Å². The van der Waals surface area contributed by atoms with Gasteiger partial charge in [-0.15, -0.1) is 0 Å². The molecule has 1 aliphatic rings. The van der Waals surface area contributed by atoms with Crippen molar-refractivity contribution >= 4 is 15.9 Å². The number of rotatable bonds is 5. The van der Waals surface area contributed by atoms with Gasteiger partial charge in [0.05, 0.1) is 4.90 Å². The molecule has 1 saturated heterocycles. The van der Waals surface area contributed by atoms with E-state index in [2.05, 4.69) is 29.6 Å². The van der Waals surface area contributed by atoms with Gasteiger partial charge in [0.25, 0.3) is 5.91 Å². The minimum absolute atomic E-state index is 0.0266. The summed E-state index contributed by atoms with van der Waals surface area (Å²) in [6.45, 7) is 2.58. The highest BCUT2D eigenvalue weighted by Crippen LogP contribution is 2.28. The number of sulfonamides is 1. The first kappa shape index (κ1) is 18.6. The number of benzene rings is 2. The number of hydrogen-bond acceptors (Lipinski definition) is 3. The van der Waals surface area contributed by atoms with Crippen LogP contribution in [0.4, 0.5) is 0 Å². The monoisotopic (exact) mass is 372 g/mol. The van der Waals surface area contributed by atoms with Crippen molar-refractivity contribution in [3.05, 3.63) is 65.2 Å². The molecule has 2 aromatic carbocycles. The zero-order valence-electron chi connectivity index (χ0n) is 15.1. The summed E-state index contributed by atoms with van der Waals surface area (Å²) in [6, 6.07) is 14.4. The van der Waals surface area contributed by atoms with Gasteiger partial charge in [-0.3, -0.25) is 4.79 Å². The van der Waals surface area contributed by atoms with Crippen molar-refractivity contribution in [1.29, 1.82) is 0 Å². The predicted molar refractivity (Wildman–Crippen MR) is 102 cm³/mol. The average Bonchev–Trinajstić information content (AvgIpc) is 3.12. The summed E-state index contributed by atoms with van der Waals surface area (Å²) < 4.78 is 27.7. The fraction of sp³-hybridized carbons (Fsp3) is 0.350. The van der Waals surface area contributed by atoms with Gasteiger partial charge in [0.1, 0.15) is 0 Å². The lowest BCUT2D eigenvalue weighted by Crippen LogP contribution is -2.36. The van der Waals surface area contributed by atoms with Crippen molar-refractivity contribution < 1.29 is 13.2 Å². The zero-order chi connectivity index (χ0) is 18.7. The van der Waals surface area contributed by atoms with Gasteiger partial charge < -0.3 is 5.32 Å². The van der Waals surface area contributed by atoms with Crippen molar-refractivity contribution in [2.75, 3.05) is 13.6 Å². The van der Waals surface area contributed by atoms with Gasteiger partial charge >= 0.3 is 0 Å². The number of amides is 1. The molecule has 26 heavy (non-hydrogen) atoms. The molecule has 1 heterocycles. The van der Waals surface area contributed by atoms with Crippen molar-refractivity contribution in [2.24, 2.45) is 0 Å². The zero-order valence-corrected chi connectivity index (χ0v) is 15.9. The summed E-state index contributed by atoms with van der Waals surface area (Å²) in [7, 11) is -2.02. The lowest BCUT2D eigenvalue weighted by atomic mass is 10.0. The number of nitrogens with one attached hydrogen (secondary N) is 1. The molecule has 1 aliphatic heterocycles. The quantitative estimate of drug-likeness (QED) is 0.878. The van der Waals surface area contributed by atoms with Crippen LogP contribution in [0.1, 0.15) is 34.3 Å². The van der Waals surface area contributed by atoms with Crippen LogP contribution in [0.15, 0.2) is 53.4 Å². The van der Waals surface area contributed by atoms with Crippen LogP contribution in [0.2, 0.25) is 0 Å². The third kappa shape index (κ3) is 3.81. The molecule has 1 atom stereocenters. The van der Waals surface area contributed by atoms with Gasteiger partial charge in [0.15, 0.2) is 0 Å². The van der Waals surface area contributed by atoms with Gasteiger partial charge in [-0.05, 0) is 56.0 Å². The van der Waals surface area contributed by atoms with E-state index in [1.54, 1.807) is 23.5 Å². The summed E-state index contributed by atoms with van der Waals surface area (Å²) in [4.78, 5) is 11.9. The first-order chi connectivity index (χ1) is 12.4. The van der Waals surface area contributed by atoms with E-state index in [9.17, 15) is 13.2 Å². The molecule has 3 rings (SSSR count). The molecule has 0 aliphatic carbocycles. The molecule has 1 unspecified atom stereocenters. The van der Waals surface area contributed by atoms with Crippen LogP contribution in [0.3, 0.4) is 0 Å². The van der Waals surface area contributed by atoms with Crippen LogP contribution in [0, 0.1) is 6.92 Å². The number of aryl methyl sites for hydroxylation is 1. The van der Waals surface area contributed by atoms with Gasteiger partial charge in [0.2, 0.25) is 10.0 Å². The molecule has 6 heteroatoms. The Hall–Kier alpha value is -2.18. The second-order valence-electron chi connectivity index (χ2n) is 6.71. The minimum atomic E-state index is -3.56. The summed E-state index contributed by atoms with van der Waals surface area (Å²) in [5.74, 6) is -0.229. The molecule has 1 amide bonds. The van der Waals surface area contributed by atoms with Crippen LogP contribution < -0.4 is 5.32 Å². The van der Waals surface area contributed by atoms with Crippen molar-refractivity contribution in [2.45, 2.75) is 37.1 Å². The highest BCUT2D eigenvalue weighted by Gasteiger charge is 2.35. The number of nitrogens with zero attached hydrogens (tertiary/aromatic N) is 1. The Bertz CT molecular complexity index is 874. The Morgan fingerprint density at radius 1 is 1.12 bits per heavy atom. The van der Waals surface area contributed by atoms with E-state index in [-0.39, 0.29) is 16.8 Å². The highest BCUT2D eigenvalue weighted by molar-refractivity contribution is 7.89. The first-order valence-electron chi connectivity index (χ1n) is 8.81. The van der Waals surface area contributed by atoms with Crippen molar-refractivity contribution in [3.63, 3.8) is 0 Å². The fourth-order valence-corrected chi connectivity index (χ4v) is 5.08. The summed E-state index contributed by atoms with van der Waals surface area (Å²) in [5, 5.41) is 2.53. The molecule has 0 radical (unpaired) electrons. The van der Waals surface area contributed by atoms with E-state index in [4.69, 9.17) is 0 Å². The topological polar surface area (TPSA) is 66.5 Å². The van der Waals surface area contributed by atoms with Crippen LogP contribution in [-0.4, -0.2) is 38.3 Å². The predicted octanol–water partition coefficient (Wildman–Crippen LogP) is 2.75. The molecule has 2 aromatic rings. The fourth-order valence-electron chi connectivity index (χ4n) is 3.38. The van der Waals surface area contributed by atoms with E-state index >= 15 is 0 Å². The Morgan fingerprint density at radius 2 is 1.77 bits per heavy atom. The number of hydrogen-bond donors (Lipinski definition) is 1. The lowest BCUT2D eigenvalue weighted by Gasteiger charge is -2.24. The Balaban J connectivity index is 1.81. The Morgan fingerprint density at radius 3 is 2.38 bits per heavy atom. The van der Waals surface area contributed by atoms with Crippen LogP contribution in [0.5, 0.6) is 0 Å². The van der Waals surface area contributed by atoms with Crippen LogP contribution in [-0.2, 0) is 16.4 Å². The van der Waals surface area contributed by atoms with Crippen molar-refractivity contribution in [1.82, 2.24) is 9.62 Å². The third-order valence-corrected chi connectivity index (χ3v) is 6.83. The molecule has 138 valence electrons. The normalized spacial score (nSPS) is 18.0. The molecule has 0 bridgehead atoms. The second-order valence-corrected chi connectivity index (χ2v) is 8.60. The van der Waals surface area contributed by atoms with E-state index in [1.165, 1.54) is 17.7 Å². The number of carbonyl (C=O) groups is 1. The van der Waals surface area contributed by atoms with Crippen molar-refractivity contribution in [3.8, 4) is 0 Å². The van der Waals surface area contributed by atoms with Crippen LogP contribution >= 0.6 is 0 Å². The molecular formula is C20H24N2O3S. The van der Waals surface area contributed by atoms with E-state index < -0.39 is 10.0 Å². The number of carbonyl (C=O) groups excluding carboxylic acids is 1. The highest BCUT2D eigenvalue weighted by atomic mass is 32.2. The van der Waals surface area contributed by atoms with Crippen LogP contribution in [0.25, 0.3) is 0 Å². The van der Waals surface area contributed by atoms with Gasteiger partial charge in [-0.2, -0.15) is 4.31 Å². The van der Waals surface area contributed by atoms with E-state index in [0.29, 0.717) is 12.1 Å². The molecule has 0 aromatic heterocycles. The largest absolute Gasteiger partial charge is 0.355 e. The summed E-state index contributed by atoms with van der Waals surface area (Å²) in [6.07, 6.45) is 2.45. The Kier molecular flexibility index (Phi) is 5.44. The average molecular weight is 372 g/mol. The summed E-state index contributed by atoms with van der Waals surface area (Å²) in [5.41, 5.74) is 2.79. The Labute approximate surface area is 155 Å². The van der Waals surface area contributed by atoms with Gasteiger partial charge in [-0.1, -0.05) is 29.8 Å². The first-order valence-corrected chi connectivity index (χ1v) is 10.3. The standard InChI is InChI=1S/C20H24N2O3S/c1-15-5-7-16(8-6-15)14-18-4-3-13-22(18)26(24,25)19-11-9-17(10-12-19)20(23)21-2/h5-12,18H,3-4,13-14H2,1-2H3,(H,21,23). The van der Waals surface area contributed by atoms with Gasteiger partial charge in [-0.25, -0.2) is 8.42 Å². The smallest absolute Gasteiger partial charge is 0.251 e. The summed E-state index contributed by atoms with van der Waals surface area (Å²) >= 11 is 0. The molecule has 1 fully saturated rings. The second kappa shape index (κ2) is 7.60. The minimum Gasteiger partial charge on any atom is -0.355 e. The SMILES string of the molecule is CNC(=O)c1ccc(S(=O)(=O)N2CCCC2Cc2ccc(C)cc2)cc1. The third-order valence-electron chi connectivity index (χ3n) is 4.87. The van der Waals surface area contributed by atoms with Gasteiger partial charge in [0, 0.05) is 25.2 Å².